The smallest absolute Gasteiger partial charge is 0.338 e. The van der Waals surface area contributed by atoms with Gasteiger partial charge in [-0.25, -0.2) is 9.59 Å². The number of esters is 2. The minimum Gasteiger partial charge on any atom is -0.456 e. The quantitative estimate of drug-likeness (QED) is 0.215. The van der Waals surface area contributed by atoms with Crippen LogP contribution in [0.4, 0.5) is 0 Å². The maximum Gasteiger partial charge on any atom is 0.338 e. The second-order valence-corrected chi connectivity index (χ2v) is 13.6. The Labute approximate surface area is 256 Å². The first kappa shape index (κ1) is 30.3. The van der Waals surface area contributed by atoms with Gasteiger partial charge in [0.1, 0.15) is 11.2 Å². The normalized spacial score (nSPS) is 15.2. The van der Waals surface area contributed by atoms with Crippen molar-refractivity contribution in [2.24, 2.45) is 0 Å². The first-order valence-corrected chi connectivity index (χ1v) is 15.1. The molecule has 222 valence electrons. The number of fused-ring (bicyclic) bond motifs is 3. The maximum absolute atomic E-state index is 13.6. The van der Waals surface area contributed by atoms with E-state index in [0.717, 1.165) is 11.1 Å². The highest BCUT2D eigenvalue weighted by atomic mass is 16.6. The van der Waals surface area contributed by atoms with Crippen molar-refractivity contribution in [2.45, 2.75) is 83.8 Å². The van der Waals surface area contributed by atoms with Gasteiger partial charge >= 0.3 is 11.9 Å². The molecule has 1 aliphatic rings. The monoisotopic (exact) mass is 574 g/mol. The Balaban J connectivity index is 1.79. The summed E-state index contributed by atoms with van der Waals surface area (Å²) in [5.41, 5.74) is 5.73. The third-order valence-electron chi connectivity index (χ3n) is 8.49. The molecule has 0 bridgehead atoms. The summed E-state index contributed by atoms with van der Waals surface area (Å²) >= 11 is 0. The first-order chi connectivity index (χ1) is 20.3. The van der Waals surface area contributed by atoms with Gasteiger partial charge in [0, 0.05) is 5.41 Å². The second-order valence-electron chi connectivity index (χ2n) is 13.6. The largest absolute Gasteiger partial charge is 0.456 e. The Morgan fingerprint density at radius 3 is 1.23 bits per heavy atom. The summed E-state index contributed by atoms with van der Waals surface area (Å²) in [6, 6.07) is 32.6. The third-order valence-corrected chi connectivity index (χ3v) is 8.49. The zero-order chi connectivity index (χ0) is 31.2. The molecule has 0 saturated heterocycles. The molecule has 2 atom stereocenters. The lowest BCUT2D eigenvalue weighted by molar-refractivity contribution is 0.00558. The second kappa shape index (κ2) is 11.1. The van der Waals surface area contributed by atoms with Gasteiger partial charge in [0.2, 0.25) is 0 Å². The molecule has 2 unspecified atom stereocenters. The number of hydrogen-bond donors (Lipinski definition) is 0. The molecule has 0 radical (unpaired) electrons. The topological polar surface area (TPSA) is 52.6 Å². The molecule has 0 fully saturated rings. The first-order valence-electron chi connectivity index (χ1n) is 15.1. The van der Waals surface area contributed by atoms with Crippen molar-refractivity contribution in [1.82, 2.24) is 0 Å². The van der Waals surface area contributed by atoms with Crippen molar-refractivity contribution in [1.29, 1.82) is 0 Å². The van der Waals surface area contributed by atoms with Crippen molar-refractivity contribution < 1.29 is 19.1 Å². The summed E-state index contributed by atoms with van der Waals surface area (Å²) in [6.07, 6.45) is 0. The van der Waals surface area contributed by atoms with Crippen LogP contribution < -0.4 is 0 Å². The van der Waals surface area contributed by atoms with Gasteiger partial charge in [0.05, 0.1) is 11.1 Å². The van der Waals surface area contributed by atoms with Crippen LogP contribution in [0, 0.1) is 0 Å². The van der Waals surface area contributed by atoms with Crippen LogP contribution >= 0.6 is 0 Å². The lowest BCUT2D eigenvalue weighted by atomic mass is 9.57. The molecular formula is C39H42O4. The third kappa shape index (κ3) is 5.51. The van der Waals surface area contributed by atoms with Crippen LogP contribution in [-0.4, -0.2) is 23.1 Å². The van der Waals surface area contributed by atoms with Gasteiger partial charge in [-0.1, -0.05) is 98.8 Å². The molecule has 4 aromatic rings. The summed E-state index contributed by atoms with van der Waals surface area (Å²) in [4.78, 5) is 27.3. The molecule has 43 heavy (non-hydrogen) atoms. The van der Waals surface area contributed by atoms with Crippen molar-refractivity contribution in [2.75, 3.05) is 0 Å². The standard InChI is InChI=1S/C39H42O4/c1-25(27-17-9-11-21-31(27)35(40)42-37(3,4)5)39(33-23-15-13-19-29(33)30-20-14-16-24-34(30)39)26(2)28-18-10-12-22-32(28)36(41)43-38(6,7)8/h9-26H,1-8H3. The molecular weight excluding hydrogens is 532 g/mol. The minimum atomic E-state index is -0.628. The van der Waals surface area contributed by atoms with Gasteiger partial charge < -0.3 is 9.47 Å². The lowest BCUT2D eigenvalue weighted by Gasteiger charge is -2.44. The Bertz CT molecular complexity index is 1540. The molecule has 4 nitrogen and oxygen atoms in total. The molecule has 4 heteroatoms. The molecule has 0 amide bonds. The highest BCUT2D eigenvalue weighted by Crippen LogP contribution is 2.62. The molecule has 4 aromatic carbocycles. The zero-order valence-electron chi connectivity index (χ0n) is 26.5. The van der Waals surface area contributed by atoms with Crippen molar-refractivity contribution in [3.8, 4) is 11.1 Å². The van der Waals surface area contributed by atoms with Crippen molar-refractivity contribution in [3.05, 3.63) is 130 Å². The van der Waals surface area contributed by atoms with Crippen LogP contribution in [0.15, 0.2) is 97.1 Å². The SMILES string of the molecule is CC(c1ccccc1C(=O)OC(C)(C)C)C1(C(C)c2ccccc2C(=O)OC(C)(C)C)c2ccccc2-c2ccccc21. The average Bonchev–Trinajstić information content (AvgIpc) is 3.26. The van der Waals surface area contributed by atoms with Gasteiger partial charge in [0.15, 0.2) is 0 Å². The minimum absolute atomic E-state index is 0.178. The van der Waals surface area contributed by atoms with Gasteiger partial charge in [0.25, 0.3) is 0 Å². The van der Waals surface area contributed by atoms with Crippen molar-refractivity contribution in [3.63, 3.8) is 0 Å². The Morgan fingerprint density at radius 2 is 0.860 bits per heavy atom. The van der Waals surface area contributed by atoms with E-state index in [-0.39, 0.29) is 23.8 Å². The summed E-state index contributed by atoms with van der Waals surface area (Å²) in [6.45, 7) is 15.7. The Kier molecular flexibility index (Phi) is 7.85. The summed E-state index contributed by atoms with van der Waals surface area (Å²) in [5, 5.41) is 0. The van der Waals surface area contributed by atoms with Crippen LogP contribution in [0.1, 0.15) is 110 Å². The van der Waals surface area contributed by atoms with E-state index < -0.39 is 16.6 Å². The zero-order valence-corrected chi connectivity index (χ0v) is 26.5. The van der Waals surface area contributed by atoms with Crippen LogP contribution in [0.3, 0.4) is 0 Å². The van der Waals surface area contributed by atoms with Crippen LogP contribution in [-0.2, 0) is 14.9 Å². The van der Waals surface area contributed by atoms with E-state index in [9.17, 15) is 9.59 Å². The number of benzene rings is 4. The number of rotatable bonds is 6. The molecule has 5 rings (SSSR count). The summed E-state index contributed by atoms with van der Waals surface area (Å²) in [5.74, 6) is -1.04. The number of ether oxygens (including phenoxy) is 2. The molecule has 0 aromatic heterocycles. The van der Waals surface area contributed by atoms with Crippen LogP contribution in [0.25, 0.3) is 11.1 Å². The van der Waals surface area contributed by atoms with Gasteiger partial charge in [-0.3, -0.25) is 0 Å². The van der Waals surface area contributed by atoms with Crippen LogP contribution in [0.2, 0.25) is 0 Å². The number of carbonyl (C=O) groups is 2. The molecule has 0 heterocycles. The number of hydrogen-bond acceptors (Lipinski definition) is 4. The predicted molar refractivity (Wildman–Crippen MR) is 173 cm³/mol. The lowest BCUT2D eigenvalue weighted by Crippen LogP contribution is -2.39. The Hall–Kier alpha value is -4.18. The fourth-order valence-corrected chi connectivity index (χ4v) is 6.89. The average molecular weight is 575 g/mol. The highest BCUT2D eigenvalue weighted by Gasteiger charge is 2.52. The summed E-state index contributed by atoms with van der Waals surface area (Å²) < 4.78 is 11.8. The van der Waals surface area contributed by atoms with E-state index in [4.69, 9.17) is 9.47 Å². The van der Waals surface area contributed by atoms with Gasteiger partial charge in [-0.05, 0) is 98.9 Å². The van der Waals surface area contributed by atoms with E-state index in [0.29, 0.717) is 11.1 Å². The molecule has 0 saturated carbocycles. The fraction of sp³-hybridized carbons (Fsp3) is 0.333. The van der Waals surface area contributed by atoms with E-state index in [1.54, 1.807) is 0 Å². The predicted octanol–water partition coefficient (Wildman–Crippen LogP) is 9.47. The van der Waals surface area contributed by atoms with Gasteiger partial charge in [-0.2, -0.15) is 0 Å². The van der Waals surface area contributed by atoms with E-state index in [1.807, 2.05) is 90.1 Å². The maximum atomic E-state index is 13.6. The Morgan fingerprint density at radius 1 is 0.535 bits per heavy atom. The summed E-state index contributed by atoms with van der Waals surface area (Å²) in [7, 11) is 0. The molecule has 0 N–H and O–H groups in total. The molecule has 0 aliphatic heterocycles. The fourth-order valence-electron chi connectivity index (χ4n) is 6.89. The van der Waals surface area contributed by atoms with E-state index in [1.165, 1.54) is 22.3 Å². The molecule has 1 aliphatic carbocycles. The molecule has 0 spiro atoms. The highest BCUT2D eigenvalue weighted by molar-refractivity contribution is 5.93. The number of carbonyl (C=O) groups excluding carboxylic acids is 2. The van der Waals surface area contributed by atoms with E-state index >= 15 is 0 Å². The van der Waals surface area contributed by atoms with Crippen molar-refractivity contribution >= 4 is 11.9 Å². The van der Waals surface area contributed by atoms with E-state index in [2.05, 4.69) is 62.4 Å². The van der Waals surface area contributed by atoms with Gasteiger partial charge in [-0.15, -0.1) is 0 Å². The van der Waals surface area contributed by atoms with Crippen LogP contribution in [0.5, 0.6) is 0 Å².